The number of amidine groups is 1. The summed E-state index contributed by atoms with van der Waals surface area (Å²) < 4.78 is 17.2. The molecule has 3 heterocycles. The Hall–Kier alpha value is -2.78. The SMILES string of the molecule is CCOC(=O)C1=C2CCCN2C(c2nccs2)=NC1.Fc1cccc(Cl)c1.NC=O. The minimum Gasteiger partial charge on any atom is -0.463 e. The molecule has 1 aromatic carbocycles. The van der Waals surface area contributed by atoms with E-state index in [-0.39, 0.29) is 18.2 Å². The van der Waals surface area contributed by atoms with Crippen LogP contribution in [0.2, 0.25) is 5.02 Å². The molecule has 2 aromatic rings. The summed E-state index contributed by atoms with van der Waals surface area (Å²) in [5.74, 6) is 0.374. The predicted molar refractivity (Wildman–Crippen MR) is 115 cm³/mol. The number of hydrogen-bond acceptors (Lipinski definition) is 7. The Morgan fingerprint density at radius 1 is 1.47 bits per heavy atom. The Bertz CT molecular complexity index is 901. The quantitative estimate of drug-likeness (QED) is 0.568. The molecular formula is C20H22ClFN4O3S. The second kappa shape index (κ2) is 12.0. The van der Waals surface area contributed by atoms with Crippen molar-refractivity contribution in [2.45, 2.75) is 19.8 Å². The van der Waals surface area contributed by atoms with Gasteiger partial charge in [0.2, 0.25) is 6.41 Å². The molecular weight excluding hydrogens is 431 g/mol. The van der Waals surface area contributed by atoms with Crippen molar-refractivity contribution in [1.29, 1.82) is 0 Å². The van der Waals surface area contributed by atoms with Crippen LogP contribution in [-0.2, 0) is 14.3 Å². The zero-order chi connectivity index (χ0) is 21.9. The van der Waals surface area contributed by atoms with Gasteiger partial charge >= 0.3 is 5.97 Å². The van der Waals surface area contributed by atoms with Gasteiger partial charge in [-0.3, -0.25) is 9.79 Å². The first-order valence-corrected chi connectivity index (χ1v) is 10.4. The highest BCUT2D eigenvalue weighted by molar-refractivity contribution is 7.11. The lowest BCUT2D eigenvalue weighted by Gasteiger charge is -2.26. The number of nitrogens with two attached hydrogens (primary N) is 1. The van der Waals surface area contributed by atoms with Gasteiger partial charge in [0.1, 0.15) is 5.82 Å². The van der Waals surface area contributed by atoms with E-state index in [1.165, 1.54) is 12.1 Å². The Balaban J connectivity index is 0.000000243. The fourth-order valence-electron chi connectivity index (χ4n) is 2.93. The van der Waals surface area contributed by atoms with Gasteiger partial charge in [-0.1, -0.05) is 17.7 Å². The van der Waals surface area contributed by atoms with Crippen molar-refractivity contribution in [2.24, 2.45) is 10.7 Å². The molecule has 2 aliphatic rings. The molecule has 10 heteroatoms. The van der Waals surface area contributed by atoms with Crippen molar-refractivity contribution in [1.82, 2.24) is 9.88 Å². The van der Waals surface area contributed by atoms with Gasteiger partial charge in [-0.25, -0.2) is 14.2 Å². The van der Waals surface area contributed by atoms with Crippen LogP contribution in [0.4, 0.5) is 4.39 Å². The van der Waals surface area contributed by atoms with E-state index in [4.69, 9.17) is 21.1 Å². The zero-order valence-corrected chi connectivity index (χ0v) is 18.0. The molecule has 0 bridgehead atoms. The normalized spacial score (nSPS) is 14.5. The molecule has 0 spiro atoms. The fourth-order valence-corrected chi connectivity index (χ4v) is 3.76. The van der Waals surface area contributed by atoms with Crippen molar-refractivity contribution < 1.29 is 18.7 Å². The maximum Gasteiger partial charge on any atom is 0.337 e. The van der Waals surface area contributed by atoms with Crippen LogP contribution in [0.3, 0.4) is 0 Å². The topological polar surface area (TPSA) is 97.9 Å². The summed E-state index contributed by atoms with van der Waals surface area (Å²) in [6.07, 6.45) is 3.99. The number of carbonyl (C=O) groups excluding carboxylic acids is 2. The summed E-state index contributed by atoms with van der Waals surface area (Å²) in [7, 11) is 0. The first-order chi connectivity index (χ1) is 14.5. The molecule has 0 radical (unpaired) electrons. The molecule has 2 aliphatic heterocycles. The number of aliphatic imine (C=N–C) groups is 1. The third kappa shape index (κ3) is 6.36. The van der Waals surface area contributed by atoms with Crippen LogP contribution in [0.25, 0.3) is 0 Å². The molecule has 160 valence electrons. The van der Waals surface area contributed by atoms with Gasteiger partial charge in [0.25, 0.3) is 0 Å². The summed E-state index contributed by atoms with van der Waals surface area (Å²) in [6, 6.07) is 5.82. The van der Waals surface area contributed by atoms with Gasteiger partial charge < -0.3 is 15.4 Å². The predicted octanol–water partition coefficient (Wildman–Crippen LogP) is 3.40. The number of nitrogens with zero attached hydrogens (tertiary/aromatic N) is 3. The van der Waals surface area contributed by atoms with Gasteiger partial charge in [-0.05, 0) is 38.0 Å². The van der Waals surface area contributed by atoms with E-state index in [2.05, 4.69) is 20.6 Å². The summed E-state index contributed by atoms with van der Waals surface area (Å²) in [5.41, 5.74) is 5.94. The Kier molecular flexibility index (Phi) is 9.43. The van der Waals surface area contributed by atoms with Gasteiger partial charge in [0, 0.05) is 28.8 Å². The lowest BCUT2D eigenvalue weighted by molar-refractivity contribution is -0.138. The van der Waals surface area contributed by atoms with Gasteiger partial charge in [-0.15, -0.1) is 11.3 Å². The molecule has 0 saturated carbocycles. The smallest absolute Gasteiger partial charge is 0.337 e. The monoisotopic (exact) mass is 452 g/mol. The first kappa shape index (κ1) is 23.5. The summed E-state index contributed by atoms with van der Waals surface area (Å²) in [6.45, 7) is 3.53. The second-order valence-electron chi connectivity index (χ2n) is 5.95. The number of rotatable bonds is 3. The van der Waals surface area contributed by atoms with Crippen LogP contribution in [0, 0.1) is 5.82 Å². The number of allylic oxidation sites excluding steroid dienone is 1. The third-order valence-electron chi connectivity index (χ3n) is 4.04. The van der Waals surface area contributed by atoms with Crippen molar-refractivity contribution >= 4 is 41.2 Å². The van der Waals surface area contributed by atoms with E-state index in [0.717, 1.165) is 35.9 Å². The minimum absolute atomic E-state index is 0.230. The van der Waals surface area contributed by atoms with Crippen molar-refractivity contribution in [3.05, 3.63) is 63.0 Å². The highest BCUT2D eigenvalue weighted by atomic mass is 35.5. The van der Waals surface area contributed by atoms with Crippen LogP contribution in [-0.4, -0.2) is 47.8 Å². The number of primary amides is 1. The molecule has 0 aliphatic carbocycles. The van der Waals surface area contributed by atoms with Crippen LogP contribution in [0.5, 0.6) is 0 Å². The number of halogens is 2. The maximum atomic E-state index is 12.1. The zero-order valence-electron chi connectivity index (χ0n) is 16.4. The largest absolute Gasteiger partial charge is 0.463 e. The lowest BCUT2D eigenvalue weighted by Crippen LogP contribution is -2.33. The summed E-state index contributed by atoms with van der Waals surface area (Å²) in [5, 5.41) is 3.30. The van der Waals surface area contributed by atoms with Crippen LogP contribution in [0.15, 0.2) is 52.1 Å². The number of carbonyl (C=O) groups is 2. The molecule has 1 amide bonds. The van der Waals surface area contributed by atoms with Crippen LogP contribution >= 0.6 is 22.9 Å². The number of benzene rings is 1. The highest BCUT2D eigenvalue weighted by Crippen LogP contribution is 2.31. The molecule has 1 saturated heterocycles. The summed E-state index contributed by atoms with van der Waals surface area (Å²) in [4.78, 5) is 31.5. The molecule has 0 unspecified atom stereocenters. The van der Waals surface area contributed by atoms with Gasteiger partial charge in [0.15, 0.2) is 10.8 Å². The molecule has 30 heavy (non-hydrogen) atoms. The lowest BCUT2D eigenvalue weighted by atomic mass is 10.1. The number of hydrogen-bond donors (Lipinski definition) is 1. The first-order valence-electron chi connectivity index (χ1n) is 9.19. The van der Waals surface area contributed by atoms with Crippen LogP contribution in [0.1, 0.15) is 24.8 Å². The number of ether oxygens (including phenoxy) is 1. The van der Waals surface area contributed by atoms with E-state index in [1.807, 2.05) is 12.3 Å². The van der Waals surface area contributed by atoms with E-state index >= 15 is 0 Å². The van der Waals surface area contributed by atoms with E-state index in [0.29, 0.717) is 23.7 Å². The molecule has 7 nitrogen and oxygen atoms in total. The van der Waals surface area contributed by atoms with E-state index in [9.17, 15) is 9.18 Å². The average Bonchev–Trinajstić information content (AvgIpc) is 3.41. The van der Waals surface area contributed by atoms with E-state index in [1.54, 1.807) is 29.7 Å². The van der Waals surface area contributed by atoms with E-state index < -0.39 is 0 Å². The molecule has 4 rings (SSSR count). The number of fused-ring (bicyclic) bond motifs is 1. The number of amides is 1. The number of aromatic nitrogens is 1. The van der Waals surface area contributed by atoms with Crippen molar-refractivity contribution in [3.8, 4) is 0 Å². The van der Waals surface area contributed by atoms with Gasteiger partial charge in [0.05, 0.1) is 18.7 Å². The molecule has 2 N–H and O–H groups in total. The number of thiazole rings is 1. The average molecular weight is 453 g/mol. The Labute approximate surface area is 183 Å². The standard InChI is InChI=1S/C13H15N3O2S.C6H4ClF.CH3NO/c1-2-18-13(17)9-8-15-11(12-14-5-7-19-12)16-6-3-4-10(9)16;7-5-2-1-3-6(8)4-5;2-1-3/h5,7H,2-4,6,8H2,1H3;1-4H;1H,(H2,2,3). The minimum atomic E-state index is -0.294. The highest BCUT2D eigenvalue weighted by Gasteiger charge is 2.32. The Morgan fingerprint density at radius 2 is 2.23 bits per heavy atom. The maximum absolute atomic E-state index is 12.1. The van der Waals surface area contributed by atoms with Crippen LogP contribution < -0.4 is 5.73 Å². The second-order valence-corrected chi connectivity index (χ2v) is 7.28. The summed E-state index contributed by atoms with van der Waals surface area (Å²) >= 11 is 6.98. The molecule has 0 atom stereocenters. The van der Waals surface area contributed by atoms with Gasteiger partial charge in [-0.2, -0.15) is 0 Å². The molecule has 1 fully saturated rings. The van der Waals surface area contributed by atoms with Crippen molar-refractivity contribution in [2.75, 3.05) is 19.7 Å². The van der Waals surface area contributed by atoms with Crippen molar-refractivity contribution in [3.63, 3.8) is 0 Å². The molecule has 1 aromatic heterocycles. The number of esters is 1. The fraction of sp³-hybridized carbons (Fsp3) is 0.300. The third-order valence-corrected chi connectivity index (χ3v) is 5.05. The Morgan fingerprint density at radius 3 is 2.80 bits per heavy atom.